The number of aromatic nitrogens is 2. The smallest absolute Gasteiger partial charge is 0.342 e. The number of nitrogens with one attached hydrogen (secondary N) is 2. The van der Waals surface area contributed by atoms with Gasteiger partial charge in [0.15, 0.2) is 5.03 Å². The zero-order valence-corrected chi connectivity index (χ0v) is 16.8. The van der Waals surface area contributed by atoms with Crippen LogP contribution in [0.4, 0.5) is 0 Å². The number of piperidine rings is 1. The van der Waals surface area contributed by atoms with Crippen molar-refractivity contribution in [2.45, 2.75) is 44.3 Å². The molecule has 1 aliphatic heterocycles. The number of nitrogens with zero attached hydrogens (tertiary/aromatic N) is 2. The highest BCUT2D eigenvalue weighted by Gasteiger charge is 2.26. The second-order valence-corrected chi connectivity index (χ2v) is 8.47. The van der Waals surface area contributed by atoms with Crippen LogP contribution >= 0.6 is 0 Å². The summed E-state index contributed by atoms with van der Waals surface area (Å²) >= 11 is 0. The Balaban J connectivity index is 1.72. The molecule has 0 saturated carbocycles. The van der Waals surface area contributed by atoms with Gasteiger partial charge in [-0.25, -0.2) is 17.9 Å². The molecule has 3 rings (SSSR count). The summed E-state index contributed by atoms with van der Waals surface area (Å²) in [6.07, 6.45) is 4.83. The number of esters is 1. The van der Waals surface area contributed by atoms with Gasteiger partial charge in [-0.15, -0.1) is 0 Å². The van der Waals surface area contributed by atoms with E-state index in [2.05, 4.69) is 19.8 Å². The predicted octanol–water partition coefficient (Wildman–Crippen LogP) is 2.05. The molecule has 0 radical (unpaired) electrons. The third-order valence-electron chi connectivity index (χ3n) is 4.78. The number of benzene rings is 1. The van der Waals surface area contributed by atoms with Crippen LogP contribution in [-0.4, -0.2) is 49.2 Å². The molecule has 0 unspecified atom stereocenters. The number of aromatic amines is 1. The molecule has 28 heavy (non-hydrogen) atoms. The molecule has 0 aliphatic carbocycles. The number of carbonyl (C=O) groups is 1. The van der Waals surface area contributed by atoms with E-state index in [-0.39, 0.29) is 23.7 Å². The summed E-state index contributed by atoms with van der Waals surface area (Å²) in [6, 6.07) is 7.80. The molecule has 1 aliphatic rings. The fourth-order valence-corrected chi connectivity index (χ4v) is 4.41. The molecule has 2 heterocycles. The summed E-state index contributed by atoms with van der Waals surface area (Å²) in [5.41, 5.74) is 1.91. The Morgan fingerprint density at radius 3 is 2.64 bits per heavy atom. The molecule has 1 aromatic carbocycles. The number of H-pyrrole nitrogens is 1. The van der Waals surface area contributed by atoms with Crippen molar-refractivity contribution in [2.24, 2.45) is 0 Å². The summed E-state index contributed by atoms with van der Waals surface area (Å²) in [4.78, 5) is 14.3. The van der Waals surface area contributed by atoms with Gasteiger partial charge >= 0.3 is 5.97 Å². The van der Waals surface area contributed by atoms with Crippen LogP contribution in [0.15, 0.2) is 35.5 Å². The first-order valence-corrected chi connectivity index (χ1v) is 11.0. The first-order valence-electron chi connectivity index (χ1n) is 9.50. The summed E-state index contributed by atoms with van der Waals surface area (Å²) in [5.74, 6) is -0.720. The molecule has 1 aromatic heterocycles. The highest BCUT2D eigenvalue weighted by atomic mass is 32.2. The van der Waals surface area contributed by atoms with E-state index in [1.54, 1.807) is 6.92 Å². The number of carbonyl (C=O) groups excluding carboxylic acids is 1. The van der Waals surface area contributed by atoms with E-state index in [4.69, 9.17) is 4.74 Å². The van der Waals surface area contributed by atoms with Crippen LogP contribution in [0.5, 0.6) is 0 Å². The van der Waals surface area contributed by atoms with E-state index in [1.165, 1.54) is 19.3 Å². The second-order valence-electron chi connectivity index (χ2n) is 6.76. The van der Waals surface area contributed by atoms with Gasteiger partial charge in [0, 0.05) is 13.1 Å². The number of hydrogen-bond donors (Lipinski definition) is 2. The molecule has 9 heteroatoms. The third-order valence-corrected chi connectivity index (χ3v) is 6.16. The monoisotopic (exact) mass is 406 g/mol. The average Bonchev–Trinajstić information content (AvgIpc) is 3.19. The molecule has 1 fully saturated rings. The van der Waals surface area contributed by atoms with E-state index in [1.807, 2.05) is 24.3 Å². The lowest BCUT2D eigenvalue weighted by atomic mass is 10.1. The van der Waals surface area contributed by atoms with Crippen LogP contribution in [0.2, 0.25) is 0 Å². The quantitative estimate of drug-likeness (QED) is 0.650. The van der Waals surface area contributed by atoms with Gasteiger partial charge in [-0.1, -0.05) is 30.7 Å². The minimum Gasteiger partial charge on any atom is -0.462 e. The Bertz CT molecular complexity index is 904. The van der Waals surface area contributed by atoms with E-state index in [9.17, 15) is 13.2 Å². The van der Waals surface area contributed by atoms with Crippen molar-refractivity contribution in [1.82, 2.24) is 19.8 Å². The van der Waals surface area contributed by atoms with E-state index >= 15 is 0 Å². The lowest BCUT2D eigenvalue weighted by molar-refractivity contribution is 0.0522. The maximum absolute atomic E-state index is 12.7. The highest BCUT2D eigenvalue weighted by Crippen LogP contribution is 2.18. The van der Waals surface area contributed by atoms with Crippen molar-refractivity contribution >= 4 is 16.0 Å². The molecule has 0 amide bonds. The Morgan fingerprint density at radius 1 is 1.21 bits per heavy atom. The van der Waals surface area contributed by atoms with Crippen molar-refractivity contribution in [3.8, 4) is 0 Å². The van der Waals surface area contributed by atoms with Gasteiger partial charge in [0.25, 0.3) is 10.0 Å². The van der Waals surface area contributed by atoms with Crippen LogP contribution in [-0.2, 0) is 27.8 Å². The van der Waals surface area contributed by atoms with Gasteiger partial charge in [0.1, 0.15) is 5.56 Å². The normalized spacial score (nSPS) is 15.5. The van der Waals surface area contributed by atoms with Crippen molar-refractivity contribution in [2.75, 3.05) is 19.7 Å². The zero-order chi connectivity index (χ0) is 20.0. The standard InChI is InChI=1S/C19H26N4O4S/c1-2-27-19(24)17-13-20-22-18(17)28(25,26)21-12-15-8-4-5-9-16(15)14-23-10-6-3-7-11-23/h4-5,8-9,13,21H,2-3,6-7,10-12,14H2,1H3,(H,20,22). The Kier molecular flexibility index (Phi) is 6.82. The summed E-state index contributed by atoms with van der Waals surface area (Å²) < 4.78 is 32.9. The van der Waals surface area contributed by atoms with Gasteiger partial charge in [0.05, 0.1) is 12.8 Å². The molecule has 152 valence electrons. The highest BCUT2D eigenvalue weighted by molar-refractivity contribution is 7.89. The van der Waals surface area contributed by atoms with E-state index < -0.39 is 16.0 Å². The van der Waals surface area contributed by atoms with Crippen LogP contribution in [0.25, 0.3) is 0 Å². The largest absolute Gasteiger partial charge is 0.462 e. The maximum Gasteiger partial charge on any atom is 0.342 e. The Labute approximate surface area is 165 Å². The maximum atomic E-state index is 12.7. The zero-order valence-electron chi connectivity index (χ0n) is 16.0. The van der Waals surface area contributed by atoms with Gasteiger partial charge < -0.3 is 4.74 Å². The predicted molar refractivity (Wildman–Crippen MR) is 104 cm³/mol. The SMILES string of the molecule is CCOC(=O)c1cn[nH]c1S(=O)(=O)NCc1ccccc1CN1CCCCC1. The molecule has 0 spiro atoms. The first-order chi connectivity index (χ1) is 13.5. The first kappa shape index (κ1) is 20.5. The molecule has 0 atom stereocenters. The lowest BCUT2D eigenvalue weighted by Gasteiger charge is -2.27. The number of sulfonamides is 1. The van der Waals surface area contributed by atoms with Crippen molar-refractivity contribution < 1.29 is 17.9 Å². The number of hydrogen-bond acceptors (Lipinski definition) is 6. The number of likely N-dealkylation sites (tertiary alicyclic amines) is 1. The molecule has 0 bridgehead atoms. The molecular weight excluding hydrogens is 380 g/mol. The summed E-state index contributed by atoms with van der Waals surface area (Å²) in [6.45, 7) is 4.88. The second kappa shape index (κ2) is 9.31. The minimum absolute atomic E-state index is 0.101. The lowest BCUT2D eigenvalue weighted by Crippen LogP contribution is -2.30. The summed E-state index contributed by atoms with van der Waals surface area (Å²) in [7, 11) is -3.94. The minimum atomic E-state index is -3.94. The van der Waals surface area contributed by atoms with Crippen LogP contribution < -0.4 is 4.72 Å². The van der Waals surface area contributed by atoms with E-state index in [0.717, 1.165) is 37.0 Å². The van der Waals surface area contributed by atoms with E-state index in [0.29, 0.717) is 0 Å². The topological polar surface area (TPSA) is 104 Å². The van der Waals surface area contributed by atoms with Crippen molar-refractivity contribution in [3.63, 3.8) is 0 Å². The molecular formula is C19H26N4O4S. The fourth-order valence-electron chi connectivity index (χ4n) is 3.32. The van der Waals surface area contributed by atoms with Gasteiger partial charge in [-0.05, 0) is 44.0 Å². The average molecular weight is 407 g/mol. The molecule has 2 aromatic rings. The van der Waals surface area contributed by atoms with Crippen LogP contribution in [0.1, 0.15) is 47.7 Å². The fraction of sp³-hybridized carbons (Fsp3) is 0.474. The molecule has 2 N–H and O–H groups in total. The third kappa shape index (κ3) is 4.98. The van der Waals surface area contributed by atoms with Gasteiger partial charge in [-0.3, -0.25) is 10.00 Å². The van der Waals surface area contributed by atoms with Gasteiger partial charge in [-0.2, -0.15) is 5.10 Å². The van der Waals surface area contributed by atoms with Gasteiger partial charge in [0.2, 0.25) is 0 Å². The van der Waals surface area contributed by atoms with Crippen LogP contribution in [0, 0.1) is 0 Å². The summed E-state index contributed by atoms with van der Waals surface area (Å²) in [5, 5.41) is 5.80. The van der Waals surface area contributed by atoms with Crippen molar-refractivity contribution in [3.05, 3.63) is 47.2 Å². The number of ether oxygens (including phenoxy) is 1. The van der Waals surface area contributed by atoms with Crippen molar-refractivity contribution in [1.29, 1.82) is 0 Å². The Hall–Kier alpha value is -2.23. The Morgan fingerprint density at radius 2 is 1.93 bits per heavy atom. The van der Waals surface area contributed by atoms with Crippen LogP contribution in [0.3, 0.4) is 0 Å². The number of rotatable bonds is 8. The molecule has 1 saturated heterocycles. The molecule has 8 nitrogen and oxygen atoms in total.